The van der Waals surface area contributed by atoms with Crippen LogP contribution in [0.2, 0.25) is 0 Å². The Balaban J connectivity index is 1.54. The molecule has 3 aliphatic rings. The van der Waals surface area contributed by atoms with Crippen LogP contribution in [0.3, 0.4) is 0 Å². The van der Waals surface area contributed by atoms with E-state index in [1.54, 1.807) is 6.08 Å². The van der Waals surface area contributed by atoms with E-state index in [4.69, 9.17) is 10.8 Å². The Bertz CT molecular complexity index is 1520. The smallest absolute Gasteiger partial charge is 0.206 e. The topological polar surface area (TPSA) is 36.7 Å². The number of fused-ring (bicyclic) bond motifs is 5. The van der Waals surface area contributed by atoms with Crippen molar-refractivity contribution < 1.29 is 9.21 Å². The Morgan fingerprint density at radius 2 is 1.63 bits per heavy atom. The number of benzene rings is 2. The fourth-order valence-corrected chi connectivity index (χ4v) is 5.33. The van der Waals surface area contributed by atoms with Crippen LogP contribution < -0.4 is 9.80 Å². The number of allylic oxidation sites excluding steroid dienone is 8. The molecule has 1 aliphatic heterocycles. The average molecular weight is 457 g/mol. The van der Waals surface area contributed by atoms with Gasteiger partial charge in [-0.2, -0.15) is 0 Å². The van der Waals surface area contributed by atoms with Gasteiger partial charge in [0.05, 0.1) is 28.3 Å². The van der Waals surface area contributed by atoms with Crippen molar-refractivity contribution in [1.29, 1.82) is 0 Å². The van der Waals surface area contributed by atoms with Gasteiger partial charge in [-0.25, -0.2) is 0 Å². The Morgan fingerprint density at radius 1 is 1.00 bits per heavy atom. The van der Waals surface area contributed by atoms with Gasteiger partial charge in [0.25, 0.3) is 0 Å². The number of ketones is 1. The highest BCUT2D eigenvalue weighted by molar-refractivity contribution is 6.29. The summed E-state index contributed by atoms with van der Waals surface area (Å²) < 4.78 is 6.49. The molecule has 2 aliphatic carbocycles. The van der Waals surface area contributed by atoms with Gasteiger partial charge < -0.3 is 9.32 Å². The predicted molar refractivity (Wildman–Crippen MR) is 142 cm³/mol. The number of Topliss-reactive ketones (excluding diaryl/α,β-unsaturated/α-hetero) is 1. The maximum absolute atomic E-state index is 13.5. The summed E-state index contributed by atoms with van der Waals surface area (Å²) in [7, 11) is 0. The van der Waals surface area contributed by atoms with Crippen molar-refractivity contribution in [2.75, 3.05) is 9.80 Å². The normalized spacial score (nSPS) is 17.2. The average Bonchev–Trinajstić information content (AvgIpc) is 3.50. The molecule has 35 heavy (non-hydrogen) atoms. The SMILES string of the molecule is C#C/C=C1/C=C2C(=C1/C=C\C)C(=O)c1cc(N3c4ccccc4N(C(C)C)c4ccccc43)oc12. The van der Waals surface area contributed by atoms with Gasteiger partial charge in [-0.3, -0.25) is 9.69 Å². The second-order valence-corrected chi connectivity index (χ2v) is 9.05. The second-order valence-electron chi connectivity index (χ2n) is 9.05. The van der Waals surface area contributed by atoms with Crippen LogP contribution in [0.4, 0.5) is 28.6 Å². The number of anilines is 5. The van der Waals surface area contributed by atoms with Crippen molar-refractivity contribution in [2.24, 2.45) is 0 Å². The molecule has 4 heteroatoms. The summed E-state index contributed by atoms with van der Waals surface area (Å²) in [5.74, 6) is 3.78. The quantitative estimate of drug-likeness (QED) is 0.380. The number of rotatable bonds is 3. The first-order chi connectivity index (χ1) is 17.0. The van der Waals surface area contributed by atoms with Crippen molar-refractivity contribution >= 4 is 40.0 Å². The van der Waals surface area contributed by atoms with Crippen molar-refractivity contribution in [3.63, 3.8) is 0 Å². The largest absolute Gasteiger partial charge is 0.439 e. The zero-order valence-electron chi connectivity index (χ0n) is 19.9. The third kappa shape index (κ3) is 2.92. The van der Waals surface area contributed by atoms with Crippen LogP contribution in [0.25, 0.3) is 5.57 Å². The summed E-state index contributed by atoms with van der Waals surface area (Å²) >= 11 is 0. The Kier molecular flexibility index (Phi) is 4.69. The lowest BCUT2D eigenvalue weighted by atomic mass is 10.0. The minimum absolute atomic E-state index is 0.0304. The number of hydrogen-bond acceptors (Lipinski definition) is 4. The predicted octanol–water partition coefficient (Wildman–Crippen LogP) is 7.63. The summed E-state index contributed by atoms with van der Waals surface area (Å²) in [5, 5.41) is 0. The molecule has 0 saturated heterocycles. The molecule has 0 saturated carbocycles. The lowest BCUT2D eigenvalue weighted by Gasteiger charge is -2.41. The molecular formula is C31H24N2O2. The summed E-state index contributed by atoms with van der Waals surface area (Å²) in [6.07, 6.45) is 13.1. The molecule has 0 fully saturated rings. The van der Waals surface area contributed by atoms with E-state index in [1.807, 2.05) is 43.4 Å². The third-order valence-electron chi connectivity index (χ3n) is 6.66. The lowest BCUT2D eigenvalue weighted by Crippen LogP contribution is -2.32. The summed E-state index contributed by atoms with van der Waals surface area (Å²) in [5.41, 5.74) is 7.97. The Morgan fingerprint density at radius 3 is 2.20 bits per heavy atom. The molecule has 0 spiro atoms. The lowest BCUT2D eigenvalue weighted by molar-refractivity contribution is 0.104. The van der Waals surface area contributed by atoms with Crippen LogP contribution in [0.5, 0.6) is 0 Å². The molecule has 0 unspecified atom stereocenters. The van der Waals surface area contributed by atoms with Gasteiger partial charge >= 0.3 is 0 Å². The standard InChI is InChI=1S/C31H24N2O2/c1-5-11-20-17-22-29(21(20)12-6-2)30(34)23-18-28(35-31(22)23)33-26-15-9-7-13-24(26)32(19(3)4)25-14-8-10-16-27(25)33/h1,6-19H,2-4H3/b12-6-,20-11-. The van der Waals surface area contributed by atoms with Crippen LogP contribution in [-0.2, 0) is 0 Å². The molecule has 0 bridgehead atoms. The fourth-order valence-electron chi connectivity index (χ4n) is 5.33. The molecule has 170 valence electrons. The van der Waals surface area contributed by atoms with E-state index in [2.05, 4.69) is 66.0 Å². The van der Waals surface area contributed by atoms with E-state index in [0.29, 0.717) is 22.8 Å². The van der Waals surface area contributed by atoms with Gasteiger partial charge in [0.2, 0.25) is 5.88 Å². The Hall–Kier alpha value is -4.49. The zero-order valence-corrected chi connectivity index (χ0v) is 19.9. The highest BCUT2D eigenvalue weighted by Crippen LogP contribution is 2.54. The van der Waals surface area contributed by atoms with Gasteiger partial charge in [-0.15, -0.1) is 6.42 Å². The highest BCUT2D eigenvalue weighted by Gasteiger charge is 2.41. The van der Waals surface area contributed by atoms with E-state index in [1.165, 1.54) is 0 Å². The van der Waals surface area contributed by atoms with Gasteiger partial charge in [-0.05, 0) is 68.3 Å². The van der Waals surface area contributed by atoms with Crippen LogP contribution >= 0.6 is 0 Å². The van der Waals surface area contributed by atoms with E-state index in [0.717, 1.165) is 39.5 Å². The highest BCUT2D eigenvalue weighted by atomic mass is 16.4. The number of para-hydroxylation sites is 4. The zero-order chi connectivity index (χ0) is 24.3. The molecule has 0 atom stereocenters. The van der Waals surface area contributed by atoms with Crippen LogP contribution in [0.1, 0.15) is 36.9 Å². The number of carbonyl (C=O) groups is 1. The number of terminal acetylenes is 1. The first-order valence-corrected chi connectivity index (χ1v) is 11.8. The van der Waals surface area contributed by atoms with Crippen molar-refractivity contribution in [3.8, 4) is 12.3 Å². The van der Waals surface area contributed by atoms with Crippen molar-refractivity contribution in [3.05, 3.63) is 107 Å². The Labute approximate surface area is 205 Å². The minimum atomic E-state index is -0.0304. The first kappa shape index (κ1) is 21.1. The summed E-state index contributed by atoms with van der Waals surface area (Å²) in [6.45, 7) is 6.31. The molecule has 2 heterocycles. The van der Waals surface area contributed by atoms with Gasteiger partial charge in [-0.1, -0.05) is 42.3 Å². The van der Waals surface area contributed by atoms with Gasteiger partial charge in [0, 0.05) is 23.3 Å². The molecule has 4 nitrogen and oxygen atoms in total. The molecule has 1 aromatic heterocycles. The number of carbonyl (C=O) groups excluding carboxylic acids is 1. The number of hydrogen-bond donors (Lipinski definition) is 0. The second kappa shape index (κ2) is 7.78. The maximum atomic E-state index is 13.5. The van der Waals surface area contributed by atoms with E-state index in [-0.39, 0.29) is 11.8 Å². The molecule has 0 amide bonds. The van der Waals surface area contributed by atoms with Crippen molar-refractivity contribution in [2.45, 2.75) is 26.8 Å². The van der Waals surface area contributed by atoms with E-state index >= 15 is 0 Å². The molecule has 6 rings (SSSR count). The molecule has 3 aromatic rings. The number of furan rings is 1. The summed E-state index contributed by atoms with van der Waals surface area (Å²) in [4.78, 5) is 18.0. The van der Waals surface area contributed by atoms with Crippen LogP contribution in [-0.4, -0.2) is 11.8 Å². The van der Waals surface area contributed by atoms with E-state index in [9.17, 15) is 4.79 Å². The van der Waals surface area contributed by atoms with Gasteiger partial charge in [0.1, 0.15) is 5.76 Å². The third-order valence-corrected chi connectivity index (χ3v) is 6.66. The number of nitrogens with zero attached hydrogens (tertiary/aromatic N) is 2. The summed E-state index contributed by atoms with van der Waals surface area (Å²) in [6, 6.07) is 18.7. The van der Waals surface area contributed by atoms with Gasteiger partial charge in [0.15, 0.2) is 5.78 Å². The fraction of sp³-hybridized carbons (Fsp3) is 0.129. The maximum Gasteiger partial charge on any atom is 0.206 e. The molecular weight excluding hydrogens is 432 g/mol. The van der Waals surface area contributed by atoms with Crippen LogP contribution in [0, 0.1) is 12.3 Å². The minimum Gasteiger partial charge on any atom is -0.439 e. The van der Waals surface area contributed by atoms with Crippen molar-refractivity contribution in [1.82, 2.24) is 0 Å². The molecule has 0 N–H and O–H groups in total. The van der Waals surface area contributed by atoms with E-state index < -0.39 is 0 Å². The molecule has 0 radical (unpaired) electrons. The first-order valence-electron chi connectivity index (χ1n) is 11.8. The van der Waals surface area contributed by atoms with Crippen LogP contribution in [0.15, 0.2) is 100 Å². The monoisotopic (exact) mass is 456 g/mol. The molecule has 2 aromatic carbocycles.